The van der Waals surface area contributed by atoms with Gasteiger partial charge in [0.15, 0.2) is 0 Å². The maximum Gasteiger partial charge on any atom is -0.0109 e. The molecular formula is C26H30. The molecule has 0 spiro atoms. The summed E-state index contributed by atoms with van der Waals surface area (Å²) in [6.45, 7) is 13.8. The number of hydrogen-bond donors (Lipinski definition) is 0. The third kappa shape index (κ3) is 3.75. The fourth-order valence-electron chi connectivity index (χ4n) is 3.60. The van der Waals surface area contributed by atoms with Crippen molar-refractivity contribution in [1.29, 1.82) is 0 Å². The van der Waals surface area contributed by atoms with E-state index in [-0.39, 0.29) is 10.8 Å². The van der Waals surface area contributed by atoms with E-state index in [9.17, 15) is 0 Å². The van der Waals surface area contributed by atoms with E-state index in [1.807, 2.05) is 0 Å². The van der Waals surface area contributed by atoms with Gasteiger partial charge in [0.05, 0.1) is 0 Å². The first kappa shape index (κ1) is 18.5. The van der Waals surface area contributed by atoms with Gasteiger partial charge >= 0.3 is 0 Å². The topological polar surface area (TPSA) is 0 Å². The fraction of sp³-hybridized carbons (Fsp3) is 0.308. The largest absolute Gasteiger partial charge is 0.0622 e. The summed E-state index contributed by atoms with van der Waals surface area (Å²) < 4.78 is 0. The Kier molecular flexibility index (Phi) is 4.80. The standard InChI is InChI=1S/C26H30/c1-25(2,3)22-16-11-17-23(26(4,5)6)24(22)21-15-10-14-20(18-21)19-12-8-7-9-13-19/h7-18H,1-6H3. The molecule has 0 atom stereocenters. The minimum absolute atomic E-state index is 0.0966. The van der Waals surface area contributed by atoms with Crippen LogP contribution in [0.2, 0.25) is 0 Å². The van der Waals surface area contributed by atoms with Gasteiger partial charge in [-0.05, 0) is 50.3 Å². The van der Waals surface area contributed by atoms with E-state index in [0.29, 0.717) is 0 Å². The van der Waals surface area contributed by atoms with Crippen LogP contribution in [-0.4, -0.2) is 0 Å². The summed E-state index contributed by atoms with van der Waals surface area (Å²) in [7, 11) is 0. The van der Waals surface area contributed by atoms with E-state index < -0.39 is 0 Å². The van der Waals surface area contributed by atoms with Gasteiger partial charge in [-0.3, -0.25) is 0 Å². The van der Waals surface area contributed by atoms with Gasteiger partial charge < -0.3 is 0 Å². The van der Waals surface area contributed by atoms with Gasteiger partial charge in [-0.2, -0.15) is 0 Å². The van der Waals surface area contributed by atoms with Crippen LogP contribution in [0.4, 0.5) is 0 Å². The molecule has 0 N–H and O–H groups in total. The highest BCUT2D eigenvalue weighted by atomic mass is 14.3. The van der Waals surface area contributed by atoms with Crippen molar-refractivity contribution in [2.24, 2.45) is 0 Å². The third-order valence-electron chi connectivity index (χ3n) is 4.94. The fourth-order valence-corrected chi connectivity index (χ4v) is 3.60. The molecule has 0 heterocycles. The van der Waals surface area contributed by atoms with E-state index in [1.54, 1.807) is 0 Å². The van der Waals surface area contributed by atoms with E-state index in [4.69, 9.17) is 0 Å². The first-order chi connectivity index (χ1) is 12.2. The lowest BCUT2D eigenvalue weighted by Gasteiger charge is -2.30. The predicted molar refractivity (Wildman–Crippen MR) is 115 cm³/mol. The number of rotatable bonds is 2. The lowest BCUT2D eigenvalue weighted by Crippen LogP contribution is -2.19. The number of hydrogen-bond acceptors (Lipinski definition) is 0. The lowest BCUT2D eigenvalue weighted by atomic mass is 9.74. The third-order valence-corrected chi connectivity index (χ3v) is 4.94. The monoisotopic (exact) mass is 342 g/mol. The molecule has 3 aromatic carbocycles. The van der Waals surface area contributed by atoms with Crippen LogP contribution in [-0.2, 0) is 10.8 Å². The molecule has 26 heavy (non-hydrogen) atoms. The van der Waals surface area contributed by atoms with Gasteiger partial charge in [-0.1, -0.05) is 108 Å². The summed E-state index contributed by atoms with van der Waals surface area (Å²) >= 11 is 0. The van der Waals surface area contributed by atoms with Crippen molar-refractivity contribution in [1.82, 2.24) is 0 Å². The summed E-state index contributed by atoms with van der Waals surface area (Å²) in [6, 6.07) is 26.4. The molecule has 0 amide bonds. The second-order valence-electron chi connectivity index (χ2n) is 9.17. The normalized spacial score (nSPS) is 12.2. The van der Waals surface area contributed by atoms with Crippen molar-refractivity contribution >= 4 is 0 Å². The minimum atomic E-state index is 0.0966. The SMILES string of the molecule is CC(C)(C)c1cccc(C(C)(C)C)c1-c1cccc(-c2ccccc2)c1. The van der Waals surface area contributed by atoms with Crippen LogP contribution < -0.4 is 0 Å². The summed E-state index contributed by atoms with van der Waals surface area (Å²) in [6.07, 6.45) is 0. The molecule has 0 radical (unpaired) electrons. The van der Waals surface area contributed by atoms with E-state index in [0.717, 1.165) is 0 Å². The molecule has 0 aliphatic rings. The van der Waals surface area contributed by atoms with Gasteiger partial charge in [0.1, 0.15) is 0 Å². The Hall–Kier alpha value is -2.34. The summed E-state index contributed by atoms with van der Waals surface area (Å²) in [5.74, 6) is 0. The van der Waals surface area contributed by atoms with Crippen LogP contribution in [0.5, 0.6) is 0 Å². The van der Waals surface area contributed by atoms with Gasteiger partial charge in [0.25, 0.3) is 0 Å². The molecule has 0 heteroatoms. The maximum atomic E-state index is 2.34. The van der Waals surface area contributed by atoms with Crippen LogP contribution in [0.1, 0.15) is 52.7 Å². The molecule has 134 valence electrons. The lowest BCUT2D eigenvalue weighted by molar-refractivity contribution is 0.572. The van der Waals surface area contributed by atoms with E-state index in [2.05, 4.69) is 114 Å². The zero-order valence-corrected chi connectivity index (χ0v) is 16.9. The van der Waals surface area contributed by atoms with Gasteiger partial charge in [0, 0.05) is 0 Å². The smallest absolute Gasteiger partial charge is 0.0109 e. The van der Waals surface area contributed by atoms with E-state index in [1.165, 1.54) is 33.4 Å². The Balaban J connectivity index is 2.27. The van der Waals surface area contributed by atoms with Crippen LogP contribution in [0, 0.1) is 0 Å². The highest BCUT2D eigenvalue weighted by molar-refractivity contribution is 5.78. The molecule has 0 bridgehead atoms. The second kappa shape index (κ2) is 6.76. The quantitative estimate of drug-likeness (QED) is 0.449. The summed E-state index contributed by atoms with van der Waals surface area (Å²) in [4.78, 5) is 0. The molecule has 0 aliphatic heterocycles. The van der Waals surface area contributed by atoms with Crippen LogP contribution >= 0.6 is 0 Å². The molecule has 0 aliphatic carbocycles. The minimum Gasteiger partial charge on any atom is -0.0622 e. The average Bonchev–Trinajstić information content (AvgIpc) is 2.60. The van der Waals surface area contributed by atoms with Crippen molar-refractivity contribution in [2.75, 3.05) is 0 Å². The molecular weight excluding hydrogens is 312 g/mol. The first-order valence-electron chi connectivity index (χ1n) is 9.48. The molecule has 3 rings (SSSR count). The first-order valence-corrected chi connectivity index (χ1v) is 9.48. The van der Waals surface area contributed by atoms with Crippen molar-refractivity contribution < 1.29 is 0 Å². The molecule has 0 aromatic heterocycles. The van der Waals surface area contributed by atoms with Crippen molar-refractivity contribution in [3.63, 3.8) is 0 Å². The van der Waals surface area contributed by atoms with Crippen molar-refractivity contribution in [3.8, 4) is 22.3 Å². The van der Waals surface area contributed by atoms with Crippen molar-refractivity contribution in [3.05, 3.63) is 83.9 Å². The average molecular weight is 343 g/mol. The molecule has 0 unspecified atom stereocenters. The predicted octanol–water partition coefficient (Wildman–Crippen LogP) is 7.62. The number of benzene rings is 3. The molecule has 0 saturated heterocycles. The summed E-state index contributed by atoms with van der Waals surface area (Å²) in [5.41, 5.74) is 8.25. The molecule has 0 fully saturated rings. The van der Waals surface area contributed by atoms with Gasteiger partial charge in [-0.25, -0.2) is 0 Å². The Morgan fingerprint density at radius 3 is 1.46 bits per heavy atom. The van der Waals surface area contributed by atoms with Crippen LogP contribution in [0.25, 0.3) is 22.3 Å². The zero-order valence-electron chi connectivity index (χ0n) is 16.9. The summed E-state index contributed by atoms with van der Waals surface area (Å²) in [5, 5.41) is 0. The van der Waals surface area contributed by atoms with E-state index >= 15 is 0 Å². The zero-order chi connectivity index (χ0) is 18.9. The highest BCUT2D eigenvalue weighted by Crippen LogP contribution is 2.41. The molecule has 3 aromatic rings. The molecule has 0 nitrogen and oxygen atoms in total. The van der Waals surface area contributed by atoms with Gasteiger partial charge in [-0.15, -0.1) is 0 Å². The Bertz CT molecular complexity index is 855. The Morgan fingerprint density at radius 1 is 0.462 bits per heavy atom. The van der Waals surface area contributed by atoms with Crippen molar-refractivity contribution in [2.45, 2.75) is 52.4 Å². The molecule has 0 saturated carbocycles. The Morgan fingerprint density at radius 2 is 0.923 bits per heavy atom. The Labute approximate surface area is 158 Å². The van der Waals surface area contributed by atoms with Crippen LogP contribution in [0.15, 0.2) is 72.8 Å². The highest BCUT2D eigenvalue weighted by Gasteiger charge is 2.26. The van der Waals surface area contributed by atoms with Gasteiger partial charge in [0.2, 0.25) is 0 Å². The second-order valence-corrected chi connectivity index (χ2v) is 9.17. The maximum absolute atomic E-state index is 2.34. The van der Waals surface area contributed by atoms with Crippen LogP contribution in [0.3, 0.4) is 0 Å².